The highest BCUT2D eigenvalue weighted by Gasteiger charge is 2.42. The molecule has 0 unspecified atom stereocenters. The van der Waals surface area contributed by atoms with E-state index in [0.717, 1.165) is 33.7 Å². The highest BCUT2D eigenvalue weighted by Crippen LogP contribution is 2.53. The van der Waals surface area contributed by atoms with E-state index in [1.807, 2.05) is 65.3 Å². The van der Waals surface area contributed by atoms with E-state index in [4.69, 9.17) is 23.7 Å². The second kappa shape index (κ2) is 9.09. The molecule has 1 N–H and O–H groups in total. The van der Waals surface area contributed by atoms with E-state index in [1.54, 1.807) is 34.8 Å². The Labute approximate surface area is 214 Å². The second-order valence-corrected chi connectivity index (χ2v) is 8.58. The molecule has 2 atom stereocenters. The Kier molecular flexibility index (Phi) is 5.60. The maximum absolute atomic E-state index is 6.72. The Morgan fingerprint density at radius 2 is 1.65 bits per heavy atom. The van der Waals surface area contributed by atoms with Crippen molar-refractivity contribution in [2.75, 3.05) is 33.8 Å². The van der Waals surface area contributed by atoms with E-state index in [0.29, 0.717) is 28.9 Å². The third-order valence-electron chi connectivity index (χ3n) is 6.76. The molecule has 6 rings (SSSR count). The van der Waals surface area contributed by atoms with Crippen LogP contribution in [0.3, 0.4) is 0 Å². The van der Waals surface area contributed by atoms with Crippen molar-refractivity contribution < 1.29 is 23.7 Å². The van der Waals surface area contributed by atoms with Crippen molar-refractivity contribution in [3.63, 3.8) is 0 Å². The summed E-state index contributed by atoms with van der Waals surface area (Å²) in [6.07, 6.45) is 1.03. The van der Waals surface area contributed by atoms with Gasteiger partial charge in [0.2, 0.25) is 5.95 Å². The van der Waals surface area contributed by atoms with Crippen LogP contribution < -0.4 is 29.0 Å². The fourth-order valence-electron chi connectivity index (χ4n) is 5.14. The normalized spacial score (nSPS) is 17.5. The SMILES string of the molecule is COc1ccc([C@@H]2C3=C(Nc4ncnn42)c2ccccc2O[C@@H]3c2cccc(OC)c2OC)cc1OC. The Morgan fingerprint density at radius 3 is 2.43 bits per heavy atom. The first kappa shape index (κ1) is 22.8. The smallest absolute Gasteiger partial charge is 0.226 e. The van der Waals surface area contributed by atoms with Crippen LogP contribution in [-0.2, 0) is 0 Å². The number of para-hydroxylation sites is 2. The molecule has 0 saturated carbocycles. The Bertz CT molecular complexity index is 1510. The lowest BCUT2D eigenvalue weighted by Gasteiger charge is -2.39. The zero-order valence-corrected chi connectivity index (χ0v) is 20.9. The van der Waals surface area contributed by atoms with Crippen molar-refractivity contribution in [1.29, 1.82) is 0 Å². The van der Waals surface area contributed by atoms with Gasteiger partial charge in [0.15, 0.2) is 29.1 Å². The minimum atomic E-state index is -0.516. The van der Waals surface area contributed by atoms with E-state index >= 15 is 0 Å². The fourth-order valence-corrected chi connectivity index (χ4v) is 5.14. The van der Waals surface area contributed by atoms with Crippen LogP contribution in [-0.4, -0.2) is 43.2 Å². The first-order valence-electron chi connectivity index (χ1n) is 11.8. The van der Waals surface area contributed by atoms with Crippen LogP contribution in [0, 0.1) is 0 Å². The molecule has 3 aromatic carbocycles. The fraction of sp³-hybridized carbons (Fsp3) is 0.214. The number of aromatic nitrogens is 3. The molecule has 0 amide bonds. The molecule has 4 aromatic rings. The molecule has 0 spiro atoms. The van der Waals surface area contributed by atoms with Crippen molar-refractivity contribution in [3.8, 4) is 28.7 Å². The molecule has 0 fully saturated rings. The van der Waals surface area contributed by atoms with Gasteiger partial charge in [0.1, 0.15) is 18.1 Å². The largest absolute Gasteiger partial charge is 0.493 e. The summed E-state index contributed by atoms with van der Waals surface area (Å²) in [6, 6.07) is 19.3. The van der Waals surface area contributed by atoms with Gasteiger partial charge < -0.3 is 29.0 Å². The number of hydrogen-bond acceptors (Lipinski definition) is 8. The van der Waals surface area contributed by atoms with Crippen molar-refractivity contribution in [2.45, 2.75) is 12.1 Å². The lowest BCUT2D eigenvalue weighted by molar-refractivity contribution is 0.216. The molecule has 0 saturated heterocycles. The highest BCUT2D eigenvalue weighted by atomic mass is 16.5. The van der Waals surface area contributed by atoms with Gasteiger partial charge in [0.05, 0.1) is 34.1 Å². The average molecular weight is 499 g/mol. The summed E-state index contributed by atoms with van der Waals surface area (Å²) >= 11 is 0. The molecule has 9 heteroatoms. The summed E-state index contributed by atoms with van der Waals surface area (Å²) in [5, 5.41) is 8.10. The molecular weight excluding hydrogens is 472 g/mol. The summed E-state index contributed by atoms with van der Waals surface area (Å²) in [5.41, 5.74) is 4.58. The van der Waals surface area contributed by atoms with Gasteiger partial charge in [0, 0.05) is 16.7 Å². The standard InChI is InChI=1S/C28H26N4O5/c1-33-20-13-12-16(14-22(20)35-3)25-23-24(31-28-29-15-30-32(25)28)17-8-5-6-10-19(17)37-27(23)18-9-7-11-21(34-2)26(18)36-4/h5-15,25,27H,1-4H3,(H,29,30,31)/t25-,27-/m1/s1. The number of ether oxygens (including phenoxy) is 5. The summed E-state index contributed by atoms with van der Waals surface area (Å²) < 4.78 is 31.2. The maximum Gasteiger partial charge on any atom is 0.226 e. The summed E-state index contributed by atoms with van der Waals surface area (Å²) in [5.74, 6) is 3.88. The third kappa shape index (κ3) is 3.54. The summed E-state index contributed by atoms with van der Waals surface area (Å²) in [6.45, 7) is 0. The Balaban J connectivity index is 1.63. The first-order valence-corrected chi connectivity index (χ1v) is 11.8. The number of methoxy groups -OCH3 is 4. The average Bonchev–Trinajstić information content (AvgIpc) is 3.43. The molecular formula is C28H26N4O5. The Hall–Kier alpha value is -4.66. The molecule has 2 aliphatic heterocycles. The minimum absolute atomic E-state index is 0.359. The number of nitrogens with zero attached hydrogens (tertiary/aromatic N) is 3. The summed E-state index contributed by atoms with van der Waals surface area (Å²) in [7, 11) is 6.50. The maximum atomic E-state index is 6.72. The molecule has 9 nitrogen and oxygen atoms in total. The minimum Gasteiger partial charge on any atom is -0.493 e. The second-order valence-electron chi connectivity index (χ2n) is 8.58. The lowest BCUT2D eigenvalue weighted by atomic mass is 9.84. The number of rotatable bonds is 6. The van der Waals surface area contributed by atoms with Crippen molar-refractivity contribution in [3.05, 3.63) is 89.3 Å². The third-order valence-corrected chi connectivity index (χ3v) is 6.76. The highest BCUT2D eigenvalue weighted by molar-refractivity contribution is 5.85. The first-order chi connectivity index (χ1) is 18.2. The van der Waals surface area contributed by atoms with E-state index in [1.165, 1.54) is 0 Å². The van der Waals surface area contributed by atoms with Crippen LogP contribution in [0.1, 0.15) is 28.8 Å². The Morgan fingerprint density at radius 1 is 0.838 bits per heavy atom. The van der Waals surface area contributed by atoms with Crippen molar-refractivity contribution in [1.82, 2.24) is 14.8 Å². The monoisotopic (exact) mass is 498 g/mol. The van der Waals surface area contributed by atoms with Crippen LogP contribution in [0.4, 0.5) is 5.95 Å². The predicted molar refractivity (Wildman–Crippen MR) is 138 cm³/mol. The predicted octanol–water partition coefficient (Wildman–Crippen LogP) is 4.87. The van der Waals surface area contributed by atoms with Gasteiger partial charge in [-0.3, -0.25) is 0 Å². The topological polar surface area (TPSA) is 88.9 Å². The van der Waals surface area contributed by atoms with Crippen molar-refractivity contribution >= 4 is 11.6 Å². The van der Waals surface area contributed by atoms with E-state index in [9.17, 15) is 0 Å². The van der Waals surface area contributed by atoms with E-state index in [2.05, 4.69) is 15.4 Å². The number of anilines is 1. The van der Waals surface area contributed by atoms with Crippen LogP contribution in [0.25, 0.3) is 5.70 Å². The van der Waals surface area contributed by atoms with Gasteiger partial charge in [0.25, 0.3) is 0 Å². The van der Waals surface area contributed by atoms with Crippen LogP contribution in [0.2, 0.25) is 0 Å². The molecule has 2 aliphatic rings. The van der Waals surface area contributed by atoms with Gasteiger partial charge in [-0.1, -0.05) is 30.3 Å². The molecule has 0 aliphatic carbocycles. The van der Waals surface area contributed by atoms with Crippen LogP contribution >= 0.6 is 0 Å². The number of fused-ring (bicyclic) bond motifs is 3. The van der Waals surface area contributed by atoms with Gasteiger partial charge in [-0.25, -0.2) is 4.68 Å². The van der Waals surface area contributed by atoms with E-state index in [-0.39, 0.29) is 6.04 Å². The van der Waals surface area contributed by atoms with Crippen LogP contribution in [0.5, 0.6) is 28.7 Å². The number of benzene rings is 3. The van der Waals surface area contributed by atoms with Gasteiger partial charge in [-0.2, -0.15) is 10.1 Å². The van der Waals surface area contributed by atoms with E-state index < -0.39 is 6.10 Å². The zero-order valence-electron chi connectivity index (χ0n) is 20.9. The number of nitrogens with one attached hydrogen (secondary N) is 1. The van der Waals surface area contributed by atoms with Crippen LogP contribution in [0.15, 0.2) is 72.6 Å². The quantitative estimate of drug-likeness (QED) is 0.403. The lowest BCUT2D eigenvalue weighted by Crippen LogP contribution is -2.32. The molecule has 3 heterocycles. The molecule has 0 radical (unpaired) electrons. The molecule has 188 valence electrons. The van der Waals surface area contributed by atoms with Crippen molar-refractivity contribution in [2.24, 2.45) is 0 Å². The molecule has 0 bridgehead atoms. The number of hydrogen-bond donors (Lipinski definition) is 1. The molecule has 37 heavy (non-hydrogen) atoms. The summed E-state index contributed by atoms with van der Waals surface area (Å²) in [4.78, 5) is 4.50. The van der Waals surface area contributed by atoms with Gasteiger partial charge in [-0.15, -0.1) is 0 Å². The van der Waals surface area contributed by atoms with Gasteiger partial charge >= 0.3 is 0 Å². The van der Waals surface area contributed by atoms with Gasteiger partial charge in [-0.05, 0) is 35.9 Å². The zero-order chi connectivity index (χ0) is 25.5. The molecule has 1 aromatic heterocycles.